The van der Waals surface area contributed by atoms with E-state index in [0.29, 0.717) is 0 Å². The Morgan fingerprint density at radius 3 is 2.71 bits per heavy atom. The third-order valence-corrected chi connectivity index (χ3v) is 1.70. The van der Waals surface area contributed by atoms with Gasteiger partial charge in [0.1, 0.15) is 6.61 Å². The summed E-state index contributed by atoms with van der Waals surface area (Å²) in [6.45, 7) is 0.934. The summed E-state index contributed by atoms with van der Waals surface area (Å²) in [5, 5.41) is 0. The van der Waals surface area contributed by atoms with Gasteiger partial charge in [0.25, 0.3) is 6.36 Å². The lowest BCUT2D eigenvalue weighted by Crippen LogP contribution is -2.59. The molecule has 1 aliphatic heterocycles. The fourth-order valence-electron chi connectivity index (χ4n) is 0.892. The molecule has 1 fully saturated rings. The average molecular weight is 210 g/mol. The first-order chi connectivity index (χ1) is 6.48. The van der Waals surface area contributed by atoms with E-state index in [9.17, 15) is 18.0 Å². The largest absolute Gasteiger partial charge is 0.460 e. The molecule has 0 aromatic carbocycles. The fraction of sp³-hybridized carbons (Fsp3) is 0.625. The predicted molar refractivity (Wildman–Crippen MR) is 40.5 cm³/mol. The number of carbonyl (C=O) groups is 1. The number of hydrogen-bond acceptors (Lipinski definition) is 3. The molecule has 0 bridgehead atoms. The van der Waals surface area contributed by atoms with Crippen LogP contribution in [0.3, 0.4) is 0 Å². The van der Waals surface area contributed by atoms with Gasteiger partial charge in [0.15, 0.2) is 6.10 Å². The first-order valence-electron chi connectivity index (χ1n) is 3.95. The van der Waals surface area contributed by atoms with Crippen molar-refractivity contribution in [3.63, 3.8) is 0 Å². The van der Waals surface area contributed by atoms with Crippen LogP contribution in [-0.4, -0.2) is 31.0 Å². The first kappa shape index (κ1) is 11.0. The van der Waals surface area contributed by atoms with Crippen LogP contribution in [0.2, 0.25) is 0 Å². The molecule has 1 saturated heterocycles. The molecule has 2 unspecified atom stereocenters. The second-order valence-corrected chi connectivity index (χ2v) is 2.75. The molecule has 0 aromatic rings. The zero-order chi connectivity index (χ0) is 10.8. The summed E-state index contributed by atoms with van der Waals surface area (Å²) in [6, 6.07) is 0. The Balaban J connectivity index is 2.31. The predicted octanol–water partition coefficient (Wildman–Crippen LogP) is 1.44. The van der Waals surface area contributed by atoms with Crippen LogP contribution in [0, 0.1) is 0 Å². The second kappa shape index (κ2) is 4.00. The zero-order valence-electron chi connectivity index (χ0n) is 7.38. The van der Waals surface area contributed by atoms with Crippen molar-refractivity contribution in [3.8, 4) is 0 Å². The Kier molecular flexibility index (Phi) is 3.15. The highest BCUT2D eigenvalue weighted by Gasteiger charge is 2.61. The summed E-state index contributed by atoms with van der Waals surface area (Å²) < 4.78 is 45.6. The lowest BCUT2D eigenvalue weighted by molar-refractivity contribution is -0.363. The van der Waals surface area contributed by atoms with E-state index in [0.717, 1.165) is 6.08 Å². The number of esters is 1. The molecule has 0 aliphatic carbocycles. The lowest BCUT2D eigenvalue weighted by Gasteiger charge is -2.38. The summed E-state index contributed by atoms with van der Waals surface area (Å²) >= 11 is 0. The van der Waals surface area contributed by atoms with E-state index in [1.54, 1.807) is 6.92 Å². The van der Waals surface area contributed by atoms with E-state index in [2.05, 4.69) is 9.47 Å². The standard InChI is InChI=1S/C8H9F3O3/c1-2-3-6(12)13-4-5-8(10,11)7(9)14-5/h2-3,5,7H,4H2,1H3. The van der Waals surface area contributed by atoms with Crippen molar-refractivity contribution in [1.29, 1.82) is 0 Å². The quantitative estimate of drug-likeness (QED) is 0.522. The number of carbonyl (C=O) groups excluding carboxylic acids is 1. The Labute approximate surface area is 78.5 Å². The Morgan fingerprint density at radius 1 is 1.64 bits per heavy atom. The minimum Gasteiger partial charge on any atom is -0.460 e. The molecular formula is C8H9F3O3. The number of rotatable bonds is 3. The number of alkyl halides is 3. The zero-order valence-corrected chi connectivity index (χ0v) is 7.38. The van der Waals surface area contributed by atoms with Crippen LogP contribution in [0.15, 0.2) is 12.2 Å². The summed E-state index contributed by atoms with van der Waals surface area (Å²) in [6.07, 6.45) is -1.79. The average Bonchev–Trinajstić information content (AvgIpc) is 2.12. The highest BCUT2D eigenvalue weighted by atomic mass is 19.3. The highest BCUT2D eigenvalue weighted by molar-refractivity contribution is 5.81. The number of halogens is 3. The summed E-state index contributed by atoms with van der Waals surface area (Å²) in [5.41, 5.74) is 0. The van der Waals surface area contributed by atoms with Crippen LogP contribution in [0.4, 0.5) is 13.2 Å². The van der Waals surface area contributed by atoms with Crippen molar-refractivity contribution in [2.24, 2.45) is 0 Å². The van der Waals surface area contributed by atoms with Gasteiger partial charge in [0, 0.05) is 6.08 Å². The maximum Gasteiger partial charge on any atom is 0.331 e. The summed E-state index contributed by atoms with van der Waals surface area (Å²) in [5.74, 6) is -4.31. The van der Waals surface area contributed by atoms with Gasteiger partial charge in [-0.3, -0.25) is 0 Å². The van der Waals surface area contributed by atoms with Crippen molar-refractivity contribution in [2.45, 2.75) is 25.3 Å². The van der Waals surface area contributed by atoms with Crippen LogP contribution in [0.5, 0.6) is 0 Å². The van der Waals surface area contributed by atoms with Gasteiger partial charge in [-0.2, -0.15) is 8.78 Å². The van der Waals surface area contributed by atoms with Crippen LogP contribution >= 0.6 is 0 Å². The molecule has 3 nitrogen and oxygen atoms in total. The molecule has 14 heavy (non-hydrogen) atoms. The summed E-state index contributed by atoms with van der Waals surface area (Å²) in [7, 11) is 0. The molecule has 0 saturated carbocycles. The van der Waals surface area contributed by atoms with Crippen molar-refractivity contribution < 1.29 is 27.4 Å². The molecule has 1 heterocycles. The van der Waals surface area contributed by atoms with Gasteiger partial charge >= 0.3 is 11.9 Å². The van der Waals surface area contributed by atoms with E-state index >= 15 is 0 Å². The van der Waals surface area contributed by atoms with Crippen molar-refractivity contribution in [1.82, 2.24) is 0 Å². The van der Waals surface area contributed by atoms with Gasteiger partial charge < -0.3 is 9.47 Å². The lowest BCUT2D eigenvalue weighted by atomic mass is 10.1. The molecule has 0 aromatic heterocycles. The maximum absolute atomic E-state index is 12.5. The Bertz CT molecular complexity index is 252. The molecule has 80 valence electrons. The van der Waals surface area contributed by atoms with Gasteiger partial charge in [0.05, 0.1) is 0 Å². The van der Waals surface area contributed by atoms with Crippen LogP contribution in [0.25, 0.3) is 0 Å². The van der Waals surface area contributed by atoms with Gasteiger partial charge in [-0.1, -0.05) is 6.08 Å². The Morgan fingerprint density at radius 2 is 2.29 bits per heavy atom. The molecular weight excluding hydrogens is 201 g/mol. The molecule has 2 atom stereocenters. The number of allylic oxidation sites excluding steroid dienone is 1. The van der Waals surface area contributed by atoms with E-state index < -0.39 is 31.0 Å². The van der Waals surface area contributed by atoms with Crippen LogP contribution in [-0.2, 0) is 14.3 Å². The van der Waals surface area contributed by atoms with Gasteiger partial charge in [0.2, 0.25) is 0 Å². The fourth-order valence-corrected chi connectivity index (χ4v) is 0.892. The minimum atomic E-state index is -3.56. The monoisotopic (exact) mass is 210 g/mol. The molecule has 0 spiro atoms. The molecule has 0 amide bonds. The third kappa shape index (κ3) is 2.06. The number of hydrogen-bond donors (Lipinski definition) is 0. The molecule has 0 radical (unpaired) electrons. The molecule has 0 N–H and O–H groups in total. The van der Waals surface area contributed by atoms with Crippen molar-refractivity contribution >= 4 is 5.97 Å². The van der Waals surface area contributed by atoms with Gasteiger partial charge in [-0.25, -0.2) is 9.18 Å². The third-order valence-electron chi connectivity index (χ3n) is 1.70. The normalized spacial score (nSPS) is 30.0. The highest BCUT2D eigenvalue weighted by Crippen LogP contribution is 2.39. The van der Waals surface area contributed by atoms with Crippen molar-refractivity contribution in [3.05, 3.63) is 12.2 Å². The second-order valence-electron chi connectivity index (χ2n) is 2.75. The first-order valence-corrected chi connectivity index (χ1v) is 3.95. The van der Waals surface area contributed by atoms with E-state index in [1.165, 1.54) is 6.08 Å². The minimum absolute atomic E-state index is 0.642. The smallest absolute Gasteiger partial charge is 0.331 e. The van der Waals surface area contributed by atoms with Crippen LogP contribution in [0.1, 0.15) is 6.92 Å². The van der Waals surface area contributed by atoms with Crippen LogP contribution < -0.4 is 0 Å². The van der Waals surface area contributed by atoms with E-state index in [1.807, 2.05) is 0 Å². The molecule has 1 aliphatic rings. The molecule has 1 rings (SSSR count). The maximum atomic E-state index is 12.5. The summed E-state index contributed by atoms with van der Waals surface area (Å²) in [4.78, 5) is 10.7. The topological polar surface area (TPSA) is 35.5 Å². The molecule has 6 heteroatoms. The number of ether oxygens (including phenoxy) is 2. The Hall–Kier alpha value is -1.04. The SMILES string of the molecule is CC=CC(=O)OCC1OC(F)C1(F)F. The van der Waals surface area contributed by atoms with E-state index in [4.69, 9.17) is 0 Å². The van der Waals surface area contributed by atoms with E-state index in [-0.39, 0.29) is 0 Å². The van der Waals surface area contributed by atoms with Crippen molar-refractivity contribution in [2.75, 3.05) is 6.61 Å². The van der Waals surface area contributed by atoms with Gasteiger partial charge in [-0.15, -0.1) is 0 Å². The van der Waals surface area contributed by atoms with Gasteiger partial charge in [-0.05, 0) is 6.92 Å².